The summed E-state index contributed by atoms with van der Waals surface area (Å²) in [5, 5.41) is 9.74. The van der Waals surface area contributed by atoms with Crippen molar-refractivity contribution in [1.29, 1.82) is 0 Å². The molecular weight excluding hydrogens is 361 g/mol. The van der Waals surface area contributed by atoms with Crippen LogP contribution in [0, 0.1) is 11.3 Å². The largest absolute Gasteiger partial charge is 0.472 e. The summed E-state index contributed by atoms with van der Waals surface area (Å²) >= 11 is 0. The number of quaternary nitrogens is 1. The summed E-state index contributed by atoms with van der Waals surface area (Å²) in [6.45, 7) is 8.11. The van der Waals surface area contributed by atoms with E-state index in [4.69, 9.17) is 13.8 Å². The third kappa shape index (κ3) is 15.7. The summed E-state index contributed by atoms with van der Waals surface area (Å²) in [6.07, 6.45) is -0.0526. The van der Waals surface area contributed by atoms with Gasteiger partial charge in [-0.2, -0.15) is 0 Å². The molecule has 0 fully saturated rings. The van der Waals surface area contributed by atoms with Crippen LogP contribution >= 0.6 is 7.82 Å². The number of phosphoric ester groups is 1. The minimum Gasteiger partial charge on any atom is -0.463 e. The second kappa shape index (κ2) is 10.7. The van der Waals surface area contributed by atoms with Crippen LogP contribution in [0.1, 0.15) is 40.5 Å². The average Bonchev–Trinajstić information content (AvgIpc) is 2.39. The normalized spacial score (nSPS) is 17.4. The number of carbonyl (C=O) groups excluding carboxylic acids is 1. The van der Waals surface area contributed by atoms with Gasteiger partial charge < -0.3 is 19.2 Å². The molecule has 0 aromatic heterocycles. The second-order valence-electron chi connectivity index (χ2n) is 9.02. The molecule has 0 aliphatic heterocycles. The van der Waals surface area contributed by atoms with Gasteiger partial charge in [0.05, 0.1) is 27.7 Å². The molecule has 0 heterocycles. The fourth-order valence-corrected chi connectivity index (χ4v) is 3.09. The molecule has 9 heteroatoms. The lowest BCUT2D eigenvalue weighted by Crippen LogP contribution is -2.37. The smallest absolute Gasteiger partial charge is 0.463 e. The van der Waals surface area contributed by atoms with E-state index in [-0.39, 0.29) is 31.0 Å². The van der Waals surface area contributed by atoms with Crippen molar-refractivity contribution in [2.75, 3.05) is 47.5 Å². The summed E-state index contributed by atoms with van der Waals surface area (Å²) in [5.74, 6) is -0.240. The maximum absolute atomic E-state index is 11.8. The lowest BCUT2D eigenvalue weighted by atomic mass is 9.84. The summed E-state index contributed by atoms with van der Waals surface area (Å²) in [6, 6.07) is 0. The zero-order valence-corrected chi connectivity index (χ0v) is 18.1. The van der Waals surface area contributed by atoms with Crippen molar-refractivity contribution in [3.63, 3.8) is 0 Å². The molecule has 0 aliphatic rings. The fraction of sp³-hybridized carbons (Fsp3) is 0.941. The Kier molecular flexibility index (Phi) is 10.5. The van der Waals surface area contributed by atoms with Crippen LogP contribution in [0.2, 0.25) is 0 Å². The molecule has 0 aliphatic carbocycles. The Hall–Kier alpha value is -0.500. The number of aliphatic hydroxyl groups excluding tert-OH is 1. The lowest BCUT2D eigenvalue weighted by molar-refractivity contribution is -0.870. The van der Waals surface area contributed by atoms with Crippen molar-refractivity contribution in [2.24, 2.45) is 11.3 Å². The summed E-state index contributed by atoms with van der Waals surface area (Å²) in [4.78, 5) is 21.3. The van der Waals surface area contributed by atoms with E-state index in [0.717, 1.165) is 6.42 Å². The highest BCUT2D eigenvalue weighted by molar-refractivity contribution is 7.47. The molecule has 2 N–H and O–H groups in total. The van der Waals surface area contributed by atoms with E-state index in [0.29, 0.717) is 11.0 Å². The van der Waals surface area contributed by atoms with Crippen molar-refractivity contribution < 1.29 is 37.6 Å². The van der Waals surface area contributed by atoms with Crippen molar-refractivity contribution >= 4 is 13.8 Å². The zero-order chi connectivity index (χ0) is 20.6. The Bertz CT molecular complexity index is 471. The minimum absolute atomic E-state index is 0.0496. The first-order chi connectivity index (χ1) is 11.6. The van der Waals surface area contributed by atoms with Gasteiger partial charge in [0.15, 0.2) is 0 Å². The molecule has 26 heavy (non-hydrogen) atoms. The van der Waals surface area contributed by atoms with Gasteiger partial charge in [0.25, 0.3) is 0 Å². The first kappa shape index (κ1) is 25.5. The van der Waals surface area contributed by atoms with Crippen molar-refractivity contribution in [2.45, 2.75) is 46.6 Å². The van der Waals surface area contributed by atoms with Crippen LogP contribution in [-0.2, 0) is 23.1 Å². The number of aliphatic hydroxyl groups is 1. The van der Waals surface area contributed by atoms with Crippen LogP contribution in [0.25, 0.3) is 0 Å². The Morgan fingerprint density at radius 2 is 1.73 bits per heavy atom. The fourth-order valence-electron chi connectivity index (χ4n) is 2.35. The number of ether oxygens (including phenoxy) is 1. The Morgan fingerprint density at radius 1 is 1.15 bits per heavy atom. The van der Waals surface area contributed by atoms with E-state index in [2.05, 4.69) is 20.8 Å². The Labute approximate surface area is 157 Å². The number of hydrogen-bond acceptors (Lipinski definition) is 6. The molecular formula is C17H37NO7P+. The average molecular weight is 398 g/mol. The maximum Gasteiger partial charge on any atom is 0.472 e. The third-order valence-electron chi connectivity index (χ3n) is 3.36. The molecule has 0 aromatic rings. The van der Waals surface area contributed by atoms with Crippen LogP contribution in [0.5, 0.6) is 0 Å². The molecule has 3 unspecified atom stereocenters. The molecule has 8 nitrogen and oxygen atoms in total. The van der Waals surface area contributed by atoms with Crippen molar-refractivity contribution in [3.8, 4) is 0 Å². The van der Waals surface area contributed by atoms with E-state index < -0.39 is 26.5 Å². The standard InChI is InChI=1S/C17H36NO7P/c1-14(11-17(2,3)4)10-16(20)23-12-15(19)13-25-26(21,22)24-9-8-18(5,6)7/h14-15,19H,8-13H2,1-7H3/p+1. The predicted octanol–water partition coefficient (Wildman–Crippen LogP) is 2.19. The Morgan fingerprint density at radius 3 is 2.23 bits per heavy atom. The first-order valence-corrected chi connectivity index (χ1v) is 10.4. The second-order valence-corrected chi connectivity index (χ2v) is 10.5. The SMILES string of the molecule is CC(CC(=O)OCC(O)COP(=O)(O)OCC[N+](C)(C)C)CC(C)(C)C. The number of rotatable bonds is 12. The molecule has 0 spiro atoms. The topological polar surface area (TPSA) is 102 Å². The van der Waals surface area contributed by atoms with E-state index in [9.17, 15) is 19.4 Å². The molecule has 0 aromatic carbocycles. The van der Waals surface area contributed by atoms with Gasteiger partial charge in [0.1, 0.15) is 25.9 Å². The molecule has 0 rings (SSSR count). The molecule has 0 saturated heterocycles. The highest BCUT2D eigenvalue weighted by Gasteiger charge is 2.25. The number of phosphoric acid groups is 1. The molecule has 0 saturated carbocycles. The van der Waals surface area contributed by atoms with E-state index in [1.54, 1.807) is 0 Å². The van der Waals surface area contributed by atoms with E-state index in [1.165, 1.54) is 0 Å². The summed E-state index contributed by atoms with van der Waals surface area (Å²) < 4.78 is 26.8. The number of hydrogen-bond donors (Lipinski definition) is 2. The quantitative estimate of drug-likeness (QED) is 0.295. The van der Waals surface area contributed by atoms with Gasteiger partial charge in [-0.1, -0.05) is 27.7 Å². The number of likely N-dealkylation sites (N-methyl/N-ethyl adjacent to an activating group) is 1. The predicted molar refractivity (Wildman–Crippen MR) is 99.4 cm³/mol. The maximum atomic E-state index is 11.8. The molecule has 3 atom stereocenters. The van der Waals surface area contributed by atoms with Gasteiger partial charge in [0.2, 0.25) is 0 Å². The monoisotopic (exact) mass is 398 g/mol. The third-order valence-corrected chi connectivity index (χ3v) is 4.34. The molecule has 0 amide bonds. The summed E-state index contributed by atoms with van der Waals surface area (Å²) in [7, 11) is 1.53. The number of carbonyl (C=O) groups is 1. The number of nitrogens with zero attached hydrogens (tertiary/aromatic N) is 1. The van der Waals surface area contributed by atoms with Crippen LogP contribution in [-0.4, -0.2) is 74.1 Å². The Balaban J connectivity index is 4.05. The van der Waals surface area contributed by atoms with E-state index in [1.807, 2.05) is 28.1 Å². The van der Waals surface area contributed by atoms with Gasteiger partial charge in [-0.05, 0) is 17.8 Å². The zero-order valence-electron chi connectivity index (χ0n) is 17.2. The van der Waals surface area contributed by atoms with Gasteiger partial charge in [-0.3, -0.25) is 13.8 Å². The van der Waals surface area contributed by atoms with Gasteiger partial charge in [-0.15, -0.1) is 0 Å². The summed E-state index contributed by atoms with van der Waals surface area (Å²) in [5.41, 5.74) is 0.126. The number of esters is 1. The van der Waals surface area contributed by atoms with Crippen LogP contribution in [0.15, 0.2) is 0 Å². The van der Waals surface area contributed by atoms with Crippen LogP contribution in [0.3, 0.4) is 0 Å². The van der Waals surface area contributed by atoms with Crippen molar-refractivity contribution in [1.82, 2.24) is 0 Å². The lowest BCUT2D eigenvalue weighted by Gasteiger charge is -2.24. The highest BCUT2D eigenvalue weighted by atomic mass is 31.2. The minimum atomic E-state index is -4.24. The molecule has 0 bridgehead atoms. The molecule has 0 radical (unpaired) electrons. The van der Waals surface area contributed by atoms with Crippen LogP contribution < -0.4 is 0 Å². The highest BCUT2D eigenvalue weighted by Crippen LogP contribution is 2.43. The van der Waals surface area contributed by atoms with Gasteiger partial charge in [-0.25, -0.2) is 4.57 Å². The van der Waals surface area contributed by atoms with Gasteiger partial charge in [0, 0.05) is 6.42 Å². The van der Waals surface area contributed by atoms with Crippen LogP contribution in [0.4, 0.5) is 0 Å². The van der Waals surface area contributed by atoms with Gasteiger partial charge >= 0.3 is 13.8 Å². The van der Waals surface area contributed by atoms with E-state index >= 15 is 0 Å². The first-order valence-electron chi connectivity index (χ1n) is 8.86. The van der Waals surface area contributed by atoms with Crippen molar-refractivity contribution in [3.05, 3.63) is 0 Å². The molecule has 156 valence electrons.